The Morgan fingerprint density at radius 2 is 2.20 bits per heavy atom. The van der Waals surface area contributed by atoms with Crippen molar-refractivity contribution in [3.05, 3.63) is 32.5 Å². The van der Waals surface area contributed by atoms with Crippen molar-refractivity contribution in [2.24, 2.45) is 0 Å². The molecule has 0 radical (unpaired) electrons. The molecule has 0 aromatic heterocycles. The van der Waals surface area contributed by atoms with Crippen LogP contribution < -0.4 is 5.32 Å². The highest BCUT2D eigenvalue weighted by molar-refractivity contribution is 9.10. The summed E-state index contributed by atoms with van der Waals surface area (Å²) in [5, 5.41) is 22.8. The zero-order valence-electron chi connectivity index (χ0n) is 10.6. The largest absolute Gasteiger partial charge is 0.467 e. The van der Waals surface area contributed by atoms with E-state index in [0.717, 1.165) is 7.11 Å². The number of methoxy groups -OCH3 is 1. The molecular formula is C11H12BrFN2O5. The normalized spacial score (nSPS) is 13.4. The molecule has 0 spiro atoms. The van der Waals surface area contributed by atoms with Crippen molar-refractivity contribution in [1.29, 1.82) is 0 Å². The van der Waals surface area contributed by atoms with E-state index in [4.69, 9.17) is 0 Å². The number of carbonyl (C=O) groups is 1. The van der Waals surface area contributed by atoms with E-state index in [1.54, 1.807) is 0 Å². The first-order chi connectivity index (χ1) is 9.29. The molecule has 1 aromatic rings. The molecule has 9 heteroatoms. The van der Waals surface area contributed by atoms with E-state index >= 15 is 0 Å². The molecule has 0 fully saturated rings. The fourth-order valence-corrected chi connectivity index (χ4v) is 1.83. The highest BCUT2D eigenvalue weighted by atomic mass is 79.9. The van der Waals surface area contributed by atoms with Crippen molar-refractivity contribution in [2.45, 2.75) is 19.1 Å². The first kappa shape index (κ1) is 16.3. The van der Waals surface area contributed by atoms with Gasteiger partial charge in [-0.15, -0.1) is 0 Å². The topological polar surface area (TPSA) is 102 Å². The molecule has 0 saturated heterocycles. The number of rotatable bonds is 5. The summed E-state index contributed by atoms with van der Waals surface area (Å²) in [6, 6.07) is 1.23. The number of aliphatic hydroxyl groups excluding tert-OH is 1. The minimum absolute atomic E-state index is 0.0820. The Hall–Kier alpha value is -1.74. The molecule has 2 atom stereocenters. The van der Waals surface area contributed by atoms with Crippen LogP contribution in [0.3, 0.4) is 0 Å². The minimum atomic E-state index is -1.25. The first-order valence-corrected chi connectivity index (χ1v) is 6.23. The first-order valence-electron chi connectivity index (χ1n) is 5.44. The Kier molecular flexibility index (Phi) is 5.40. The van der Waals surface area contributed by atoms with Crippen molar-refractivity contribution in [2.75, 3.05) is 12.4 Å². The Morgan fingerprint density at radius 3 is 2.65 bits per heavy atom. The van der Waals surface area contributed by atoms with E-state index in [2.05, 4.69) is 26.0 Å². The number of aliphatic hydroxyl groups is 1. The monoisotopic (exact) mass is 350 g/mol. The van der Waals surface area contributed by atoms with Crippen LogP contribution in [-0.2, 0) is 9.53 Å². The highest BCUT2D eigenvalue weighted by Crippen LogP contribution is 2.33. The molecular weight excluding hydrogens is 339 g/mol. The molecule has 110 valence electrons. The average molecular weight is 351 g/mol. The van der Waals surface area contributed by atoms with Crippen LogP contribution in [0.25, 0.3) is 0 Å². The third-order valence-corrected chi connectivity index (χ3v) is 3.11. The molecule has 1 aromatic carbocycles. The minimum Gasteiger partial charge on any atom is -0.467 e. The number of anilines is 1. The molecule has 20 heavy (non-hydrogen) atoms. The van der Waals surface area contributed by atoms with Crippen LogP contribution in [0, 0.1) is 15.9 Å². The summed E-state index contributed by atoms with van der Waals surface area (Å²) in [7, 11) is 1.11. The van der Waals surface area contributed by atoms with Gasteiger partial charge in [-0.2, -0.15) is 4.39 Å². The Balaban J connectivity index is 3.23. The molecule has 0 saturated carbocycles. The van der Waals surface area contributed by atoms with Gasteiger partial charge in [0.05, 0.1) is 22.6 Å². The summed E-state index contributed by atoms with van der Waals surface area (Å²) in [5.41, 5.74) is -1.05. The SMILES string of the molecule is COC(=O)C(Nc1ccc(Br)c(F)c1[N+](=O)[O-])C(C)O. The molecule has 0 bridgehead atoms. The van der Waals surface area contributed by atoms with Crippen LogP contribution in [0.15, 0.2) is 16.6 Å². The van der Waals surface area contributed by atoms with Gasteiger partial charge in [0.25, 0.3) is 0 Å². The Bertz CT molecular complexity index is 538. The van der Waals surface area contributed by atoms with Gasteiger partial charge in [-0.25, -0.2) is 4.79 Å². The van der Waals surface area contributed by atoms with E-state index in [1.165, 1.54) is 19.1 Å². The Labute approximate surface area is 122 Å². The van der Waals surface area contributed by atoms with Gasteiger partial charge in [-0.1, -0.05) is 0 Å². The quantitative estimate of drug-likeness (QED) is 0.477. The van der Waals surface area contributed by atoms with Gasteiger partial charge in [0.2, 0.25) is 5.82 Å². The predicted molar refractivity (Wildman–Crippen MR) is 71.9 cm³/mol. The van der Waals surface area contributed by atoms with Gasteiger partial charge in [0, 0.05) is 0 Å². The number of ether oxygens (including phenoxy) is 1. The van der Waals surface area contributed by atoms with Gasteiger partial charge >= 0.3 is 11.7 Å². The average Bonchev–Trinajstić information content (AvgIpc) is 2.38. The van der Waals surface area contributed by atoms with Crippen LogP contribution in [0.2, 0.25) is 0 Å². The second kappa shape index (κ2) is 6.62. The number of benzene rings is 1. The number of nitrogens with zero attached hydrogens (tertiary/aromatic N) is 1. The lowest BCUT2D eigenvalue weighted by atomic mass is 10.1. The van der Waals surface area contributed by atoms with Crippen LogP contribution in [0.1, 0.15) is 6.92 Å². The number of nitro groups is 1. The lowest BCUT2D eigenvalue weighted by Gasteiger charge is -2.20. The predicted octanol–water partition coefficient (Wildman–Crippen LogP) is 1.83. The molecule has 0 heterocycles. The maximum Gasteiger partial charge on any atom is 0.330 e. The number of nitrogens with one attached hydrogen (secondary N) is 1. The lowest BCUT2D eigenvalue weighted by molar-refractivity contribution is -0.386. The third kappa shape index (κ3) is 3.42. The maximum atomic E-state index is 13.7. The van der Waals surface area contributed by atoms with Crippen LogP contribution in [-0.4, -0.2) is 35.3 Å². The van der Waals surface area contributed by atoms with Crippen molar-refractivity contribution >= 4 is 33.3 Å². The summed E-state index contributed by atoms with van der Waals surface area (Å²) in [6.07, 6.45) is -1.19. The molecule has 0 amide bonds. The van der Waals surface area contributed by atoms with E-state index in [1.807, 2.05) is 0 Å². The van der Waals surface area contributed by atoms with Gasteiger partial charge in [-0.05, 0) is 35.0 Å². The zero-order chi connectivity index (χ0) is 15.4. The summed E-state index contributed by atoms with van der Waals surface area (Å²) < 4.78 is 18.1. The van der Waals surface area contributed by atoms with Crippen LogP contribution >= 0.6 is 15.9 Å². The van der Waals surface area contributed by atoms with Crippen LogP contribution in [0.4, 0.5) is 15.8 Å². The number of hydrogen-bond donors (Lipinski definition) is 2. The zero-order valence-corrected chi connectivity index (χ0v) is 12.2. The molecule has 2 N–H and O–H groups in total. The summed E-state index contributed by atoms with van der Waals surface area (Å²) in [4.78, 5) is 21.5. The molecule has 0 aliphatic carbocycles. The molecule has 2 unspecified atom stereocenters. The summed E-state index contributed by atoms with van der Waals surface area (Å²) in [5.74, 6) is -1.90. The van der Waals surface area contributed by atoms with E-state index in [0.29, 0.717) is 0 Å². The molecule has 7 nitrogen and oxygen atoms in total. The number of hydrogen-bond acceptors (Lipinski definition) is 6. The number of halogens is 2. The summed E-state index contributed by atoms with van der Waals surface area (Å²) in [6.45, 7) is 1.30. The van der Waals surface area contributed by atoms with Gasteiger partial charge < -0.3 is 15.2 Å². The molecule has 0 aliphatic rings. The van der Waals surface area contributed by atoms with Crippen LogP contribution in [0.5, 0.6) is 0 Å². The van der Waals surface area contributed by atoms with Gasteiger partial charge in [0.15, 0.2) is 6.04 Å². The standard InChI is InChI=1S/C11H12BrFN2O5/c1-5(16)9(11(17)20-2)14-7-4-3-6(12)8(13)10(7)15(18)19/h3-5,9,14,16H,1-2H3. The second-order valence-corrected chi connectivity index (χ2v) is 4.75. The van der Waals surface area contributed by atoms with E-state index < -0.39 is 34.5 Å². The molecule has 1 rings (SSSR count). The Morgan fingerprint density at radius 1 is 1.60 bits per heavy atom. The second-order valence-electron chi connectivity index (χ2n) is 3.90. The fraction of sp³-hybridized carbons (Fsp3) is 0.364. The molecule has 0 aliphatic heterocycles. The summed E-state index contributed by atoms with van der Waals surface area (Å²) >= 11 is 2.84. The van der Waals surface area contributed by atoms with Crippen molar-refractivity contribution in [1.82, 2.24) is 0 Å². The van der Waals surface area contributed by atoms with E-state index in [9.17, 15) is 24.4 Å². The number of carbonyl (C=O) groups excluding carboxylic acids is 1. The van der Waals surface area contributed by atoms with Crippen molar-refractivity contribution in [3.8, 4) is 0 Å². The van der Waals surface area contributed by atoms with Crippen molar-refractivity contribution in [3.63, 3.8) is 0 Å². The number of esters is 1. The maximum absolute atomic E-state index is 13.7. The smallest absolute Gasteiger partial charge is 0.330 e. The lowest BCUT2D eigenvalue weighted by Crippen LogP contribution is -2.40. The number of nitro benzene ring substituents is 1. The third-order valence-electron chi connectivity index (χ3n) is 2.50. The van der Waals surface area contributed by atoms with E-state index in [-0.39, 0.29) is 10.2 Å². The van der Waals surface area contributed by atoms with Gasteiger partial charge in [-0.3, -0.25) is 10.1 Å². The fourth-order valence-electron chi connectivity index (χ4n) is 1.51. The van der Waals surface area contributed by atoms with Gasteiger partial charge in [0.1, 0.15) is 5.69 Å². The van der Waals surface area contributed by atoms with Crippen molar-refractivity contribution < 1.29 is 24.0 Å². The highest BCUT2D eigenvalue weighted by Gasteiger charge is 2.29.